The fourth-order valence-corrected chi connectivity index (χ4v) is 1.87. The number of unbranched alkanes of at least 4 members (excludes halogenated alkanes) is 2. The van der Waals surface area contributed by atoms with Crippen molar-refractivity contribution in [3.05, 3.63) is 42.0 Å². The first-order valence-electron chi connectivity index (χ1n) is 7.08. The summed E-state index contributed by atoms with van der Waals surface area (Å²) in [5.74, 6) is -3.16. The van der Waals surface area contributed by atoms with Crippen molar-refractivity contribution in [3.8, 4) is 0 Å². The maximum atomic E-state index is 13.6. The second-order valence-electron chi connectivity index (χ2n) is 4.77. The molecule has 0 aliphatic carbocycles. The quantitative estimate of drug-likeness (QED) is 0.593. The Morgan fingerprint density at radius 2 is 1.77 bits per heavy atom. The number of anilines is 3. The molecule has 1 aromatic carbocycles. The van der Waals surface area contributed by atoms with Crippen LogP contribution in [0.1, 0.15) is 26.2 Å². The Morgan fingerprint density at radius 3 is 2.55 bits per heavy atom. The predicted molar refractivity (Wildman–Crippen MR) is 79.6 cm³/mol. The number of benzene rings is 1. The molecule has 7 heteroatoms. The van der Waals surface area contributed by atoms with Crippen LogP contribution in [-0.4, -0.2) is 16.5 Å². The Labute approximate surface area is 126 Å². The van der Waals surface area contributed by atoms with Crippen molar-refractivity contribution < 1.29 is 13.2 Å². The van der Waals surface area contributed by atoms with Gasteiger partial charge in [0.1, 0.15) is 18.0 Å². The Balaban J connectivity index is 2.06. The normalized spacial score (nSPS) is 10.5. The van der Waals surface area contributed by atoms with Gasteiger partial charge in [-0.05, 0) is 18.6 Å². The van der Waals surface area contributed by atoms with Crippen LogP contribution in [0.3, 0.4) is 0 Å². The van der Waals surface area contributed by atoms with Gasteiger partial charge in [-0.15, -0.1) is 0 Å². The van der Waals surface area contributed by atoms with Crippen LogP contribution in [0.4, 0.5) is 30.5 Å². The summed E-state index contributed by atoms with van der Waals surface area (Å²) in [7, 11) is 0. The van der Waals surface area contributed by atoms with E-state index in [1.807, 2.05) is 0 Å². The summed E-state index contributed by atoms with van der Waals surface area (Å²) in [6.45, 7) is 2.88. The molecule has 0 bridgehead atoms. The molecule has 0 amide bonds. The van der Waals surface area contributed by atoms with Crippen LogP contribution in [0.15, 0.2) is 24.5 Å². The van der Waals surface area contributed by atoms with Crippen LogP contribution in [-0.2, 0) is 0 Å². The zero-order valence-corrected chi connectivity index (χ0v) is 12.2. The summed E-state index contributed by atoms with van der Waals surface area (Å²) >= 11 is 0. The first-order chi connectivity index (χ1) is 10.6. The molecule has 4 nitrogen and oxygen atoms in total. The summed E-state index contributed by atoms with van der Waals surface area (Å²) < 4.78 is 39.7. The van der Waals surface area contributed by atoms with Gasteiger partial charge in [0.15, 0.2) is 17.5 Å². The second kappa shape index (κ2) is 7.63. The smallest absolute Gasteiger partial charge is 0.196 e. The van der Waals surface area contributed by atoms with E-state index in [4.69, 9.17) is 0 Å². The third kappa shape index (κ3) is 4.09. The Morgan fingerprint density at radius 1 is 1.00 bits per heavy atom. The number of hydrogen-bond donors (Lipinski definition) is 2. The molecule has 2 rings (SSSR count). The summed E-state index contributed by atoms with van der Waals surface area (Å²) in [5, 5.41) is 5.73. The van der Waals surface area contributed by atoms with Crippen molar-refractivity contribution in [1.82, 2.24) is 9.97 Å². The van der Waals surface area contributed by atoms with E-state index < -0.39 is 17.5 Å². The van der Waals surface area contributed by atoms with Crippen LogP contribution in [0, 0.1) is 17.5 Å². The molecule has 22 heavy (non-hydrogen) atoms. The van der Waals surface area contributed by atoms with Crippen molar-refractivity contribution >= 4 is 17.3 Å². The van der Waals surface area contributed by atoms with E-state index in [9.17, 15) is 13.2 Å². The van der Waals surface area contributed by atoms with Crippen LogP contribution in [0.25, 0.3) is 0 Å². The lowest BCUT2D eigenvalue weighted by atomic mass is 10.2. The zero-order chi connectivity index (χ0) is 15.9. The van der Waals surface area contributed by atoms with E-state index in [1.165, 1.54) is 6.33 Å². The molecule has 118 valence electrons. The zero-order valence-electron chi connectivity index (χ0n) is 12.2. The third-order valence-corrected chi connectivity index (χ3v) is 3.05. The molecule has 0 radical (unpaired) electrons. The van der Waals surface area contributed by atoms with Crippen LogP contribution in [0.2, 0.25) is 0 Å². The second-order valence-corrected chi connectivity index (χ2v) is 4.77. The molecule has 0 spiro atoms. The van der Waals surface area contributed by atoms with Gasteiger partial charge in [0.25, 0.3) is 0 Å². The van der Waals surface area contributed by atoms with E-state index in [0.717, 1.165) is 37.9 Å². The lowest BCUT2D eigenvalue weighted by molar-refractivity contribution is 0.449. The number of hydrogen-bond acceptors (Lipinski definition) is 4. The van der Waals surface area contributed by atoms with Crippen LogP contribution >= 0.6 is 0 Å². The maximum absolute atomic E-state index is 13.6. The summed E-state index contributed by atoms with van der Waals surface area (Å²) in [6.07, 6.45) is 4.56. The van der Waals surface area contributed by atoms with Crippen molar-refractivity contribution in [1.29, 1.82) is 0 Å². The molecular weight excluding hydrogens is 293 g/mol. The van der Waals surface area contributed by atoms with Gasteiger partial charge in [-0.1, -0.05) is 19.8 Å². The van der Waals surface area contributed by atoms with E-state index in [2.05, 4.69) is 27.5 Å². The van der Waals surface area contributed by atoms with E-state index in [0.29, 0.717) is 5.82 Å². The van der Waals surface area contributed by atoms with Crippen molar-refractivity contribution in [3.63, 3.8) is 0 Å². The average Bonchev–Trinajstić information content (AvgIpc) is 2.53. The number of halogens is 3. The summed E-state index contributed by atoms with van der Waals surface area (Å²) in [6, 6.07) is 3.54. The number of nitrogens with zero attached hydrogens (tertiary/aromatic N) is 2. The summed E-state index contributed by atoms with van der Waals surface area (Å²) in [4.78, 5) is 7.97. The standard InChI is InChI=1S/C15H17F3N4/c1-2-3-4-7-19-12-8-13(21-9-20-12)22-11-6-5-10(16)14(17)15(11)18/h5-6,8-9H,2-4,7H2,1H3,(H2,19,20,21,22). The first-order valence-corrected chi connectivity index (χ1v) is 7.08. The minimum atomic E-state index is -1.52. The van der Waals surface area contributed by atoms with Gasteiger partial charge in [0.2, 0.25) is 0 Å². The average molecular weight is 310 g/mol. The summed E-state index contributed by atoms with van der Waals surface area (Å²) in [5.41, 5.74) is -0.186. The Bertz CT molecular complexity index is 634. The highest BCUT2D eigenvalue weighted by Gasteiger charge is 2.13. The molecule has 0 fully saturated rings. The van der Waals surface area contributed by atoms with Crippen LogP contribution in [0.5, 0.6) is 0 Å². The highest BCUT2D eigenvalue weighted by atomic mass is 19.2. The van der Waals surface area contributed by atoms with Gasteiger partial charge in [-0.3, -0.25) is 0 Å². The molecule has 0 aliphatic rings. The van der Waals surface area contributed by atoms with Gasteiger partial charge in [0, 0.05) is 12.6 Å². The van der Waals surface area contributed by atoms with Crippen molar-refractivity contribution in [2.24, 2.45) is 0 Å². The third-order valence-electron chi connectivity index (χ3n) is 3.05. The largest absolute Gasteiger partial charge is 0.370 e. The molecule has 0 aliphatic heterocycles. The maximum Gasteiger partial charge on any atom is 0.196 e. The fraction of sp³-hybridized carbons (Fsp3) is 0.333. The molecule has 1 heterocycles. The van der Waals surface area contributed by atoms with E-state index in [-0.39, 0.29) is 11.5 Å². The first kappa shape index (κ1) is 16.1. The molecule has 2 N–H and O–H groups in total. The molecule has 1 aromatic heterocycles. The van der Waals surface area contributed by atoms with E-state index >= 15 is 0 Å². The highest BCUT2D eigenvalue weighted by Crippen LogP contribution is 2.23. The lowest BCUT2D eigenvalue weighted by Crippen LogP contribution is -2.05. The highest BCUT2D eigenvalue weighted by molar-refractivity contribution is 5.59. The monoisotopic (exact) mass is 310 g/mol. The number of rotatable bonds is 7. The fourth-order valence-electron chi connectivity index (χ4n) is 1.87. The van der Waals surface area contributed by atoms with Crippen molar-refractivity contribution in [2.75, 3.05) is 17.2 Å². The van der Waals surface area contributed by atoms with Gasteiger partial charge >= 0.3 is 0 Å². The molecule has 0 saturated carbocycles. The Hall–Kier alpha value is -2.31. The van der Waals surface area contributed by atoms with Gasteiger partial charge < -0.3 is 10.6 Å². The number of aromatic nitrogens is 2. The molecule has 2 aromatic rings. The Kier molecular flexibility index (Phi) is 5.57. The van der Waals surface area contributed by atoms with Gasteiger partial charge in [0.05, 0.1) is 5.69 Å². The topological polar surface area (TPSA) is 49.8 Å². The predicted octanol–water partition coefficient (Wildman–Crippen LogP) is 4.24. The minimum absolute atomic E-state index is 0.186. The SMILES string of the molecule is CCCCCNc1cc(Nc2ccc(F)c(F)c2F)ncn1. The van der Waals surface area contributed by atoms with Gasteiger partial charge in [-0.2, -0.15) is 0 Å². The van der Waals surface area contributed by atoms with Gasteiger partial charge in [-0.25, -0.2) is 23.1 Å². The van der Waals surface area contributed by atoms with Crippen LogP contribution < -0.4 is 10.6 Å². The lowest BCUT2D eigenvalue weighted by Gasteiger charge is -2.09. The van der Waals surface area contributed by atoms with E-state index in [1.54, 1.807) is 6.07 Å². The molecule has 0 saturated heterocycles. The molecular formula is C15H17F3N4. The molecule has 0 unspecified atom stereocenters. The minimum Gasteiger partial charge on any atom is -0.370 e. The number of nitrogens with one attached hydrogen (secondary N) is 2. The van der Waals surface area contributed by atoms with Crippen molar-refractivity contribution in [2.45, 2.75) is 26.2 Å². The molecule has 0 atom stereocenters.